The first-order chi connectivity index (χ1) is 16.2. The van der Waals surface area contributed by atoms with E-state index in [2.05, 4.69) is 34.6 Å². The number of fused-ring (bicyclic) bond motifs is 1. The highest BCUT2D eigenvalue weighted by Gasteiger charge is 2.29. The maximum atomic E-state index is 13.3. The zero-order valence-corrected chi connectivity index (χ0v) is 19.2. The monoisotopic (exact) mass is 461 g/mol. The molecule has 6 nitrogen and oxygen atoms in total. The number of anilines is 1. The predicted molar refractivity (Wildman–Crippen MR) is 128 cm³/mol. The van der Waals surface area contributed by atoms with Gasteiger partial charge in [-0.25, -0.2) is 4.98 Å². The van der Waals surface area contributed by atoms with Crippen molar-refractivity contribution in [2.24, 2.45) is 0 Å². The number of carbonyl (C=O) groups excluding carboxylic acids is 2. The summed E-state index contributed by atoms with van der Waals surface area (Å²) in [5.41, 5.74) is 3.27. The molecule has 170 valence electrons. The highest BCUT2D eigenvalue weighted by molar-refractivity contribution is 7.15. The smallest absolute Gasteiger partial charge is 0.255 e. The number of ether oxygens (including phenoxy) is 1. The second-order valence-corrected chi connectivity index (χ2v) is 9.61. The molecule has 1 aromatic heterocycles. The largest absolute Gasteiger partial charge is 0.368 e. The lowest BCUT2D eigenvalue weighted by Crippen LogP contribution is -2.36. The molecule has 1 unspecified atom stereocenters. The molecule has 1 N–H and O–H groups in total. The Morgan fingerprint density at radius 2 is 1.79 bits per heavy atom. The van der Waals surface area contributed by atoms with Crippen molar-refractivity contribution >= 4 is 28.3 Å². The minimum atomic E-state index is -0.378. The summed E-state index contributed by atoms with van der Waals surface area (Å²) in [4.78, 5) is 33.3. The molecule has 3 aromatic rings. The zero-order valence-electron chi connectivity index (χ0n) is 18.4. The Bertz CT molecular complexity index is 1070. The van der Waals surface area contributed by atoms with E-state index in [1.807, 2.05) is 41.3 Å². The fourth-order valence-electron chi connectivity index (χ4n) is 4.53. The number of aromatic nitrogens is 1. The normalized spacial score (nSPS) is 17.7. The van der Waals surface area contributed by atoms with Crippen LogP contribution in [-0.2, 0) is 27.3 Å². The Kier molecular flexibility index (Phi) is 6.51. The molecule has 7 heteroatoms. The third kappa shape index (κ3) is 4.99. The van der Waals surface area contributed by atoms with Gasteiger partial charge in [-0.1, -0.05) is 72.0 Å². The van der Waals surface area contributed by atoms with Crippen LogP contribution in [0.4, 0.5) is 5.13 Å². The van der Waals surface area contributed by atoms with Crippen LogP contribution in [0.2, 0.25) is 0 Å². The Hall–Kier alpha value is -3.03. The van der Waals surface area contributed by atoms with E-state index >= 15 is 0 Å². The third-order valence-corrected chi connectivity index (χ3v) is 7.32. The Balaban J connectivity index is 1.27. The number of nitrogens with zero attached hydrogens (tertiary/aromatic N) is 2. The minimum Gasteiger partial charge on any atom is -0.368 e. The molecule has 3 heterocycles. The summed E-state index contributed by atoms with van der Waals surface area (Å²) in [5, 5.41) is 3.50. The van der Waals surface area contributed by atoms with Crippen LogP contribution in [0.5, 0.6) is 0 Å². The van der Waals surface area contributed by atoms with E-state index < -0.39 is 0 Å². The lowest BCUT2D eigenvalue weighted by molar-refractivity contribution is -0.132. The van der Waals surface area contributed by atoms with Crippen LogP contribution in [0.25, 0.3) is 0 Å². The molecule has 1 fully saturated rings. The number of hydrogen-bond donors (Lipinski definition) is 1. The van der Waals surface area contributed by atoms with Gasteiger partial charge in [-0.05, 0) is 24.0 Å². The molecular weight excluding hydrogens is 434 g/mol. The molecule has 0 radical (unpaired) electrons. The maximum Gasteiger partial charge on any atom is 0.255 e. The van der Waals surface area contributed by atoms with Gasteiger partial charge in [-0.3, -0.25) is 14.9 Å². The van der Waals surface area contributed by atoms with E-state index in [9.17, 15) is 9.59 Å². The van der Waals surface area contributed by atoms with Gasteiger partial charge in [0.1, 0.15) is 6.10 Å². The highest BCUT2D eigenvalue weighted by atomic mass is 32.1. The van der Waals surface area contributed by atoms with Gasteiger partial charge in [-0.2, -0.15) is 0 Å². The molecule has 2 aromatic carbocycles. The molecule has 2 aliphatic heterocycles. The summed E-state index contributed by atoms with van der Waals surface area (Å²) in [6.07, 6.45) is 2.41. The van der Waals surface area contributed by atoms with Gasteiger partial charge < -0.3 is 9.64 Å². The molecule has 2 aliphatic rings. The van der Waals surface area contributed by atoms with Crippen LogP contribution in [-0.4, -0.2) is 41.0 Å². The number of benzene rings is 2. The number of rotatable bonds is 6. The van der Waals surface area contributed by atoms with Gasteiger partial charge in [0.15, 0.2) is 5.13 Å². The quantitative estimate of drug-likeness (QED) is 0.592. The maximum absolute atomic E-state index is 13.3. The van der Waals surface area contributed by atoms with Crippen molar-refractivity contribution < 1.29 is 14.3 Å². The molecule has 0 saturated carbocycles. The summed E-state index contributed by atoms with van der Waals surface area (Å²) in [7, 11) is 0. The van der Waals surface area contributed by atoms with Gasteiger partial charge in [0.05, 0.1) is 12.2 Å². The van der Waals surface area contributed by atoms with Crippen LogP contribution in [0.15, 0.2) is 60.7 Å². The summed E-state index contributed by atoms with van der Waals surface area (Å²) >= 11 is 1.46. The Morgan fingerprint density at radius 1 is 1.09 bits per heavy atom. The first-order valence-electron chi connectivity index (χ1n) is 11.5. The average molecular weight is 462 g/mol. The second-order valence-electron chi connectivity index (χ2n) is 8.52. The summed E-state index contributed by atoms with van der Waals surface area (Å²) in [5.74, 6) is 0.0285. The summed E-state index contributed by atoms with van der Waals surface area (Å²) in [6.45, 7) is 1.82. The van der Waals surface area contributed by atoms with Gasteiger partial charge in [0.25, 0.3) is 5.91 Å². The van der Waals surface area contributed by atoms with Crippen molar-refractivity contribution in [2.45, 2.75) is 44.2 Å². The Morgan fingerprint density at radius 3 is 2.42 bits per heavy atom. The summed E-state index contributed by atoms with van der Waals surface area (Å²) in [6, 6.07) is 20.4. The molecule has 1 saturated heterocycles. The van der Waals surface area contributed by atoms with Crippen molar-refractivity contribution in [1.29, 1.82) is 0 Å². The minimum absolute atomic E-state index is 0.0176. The fraction of sp³-hybridized carbons (Fsp3) is 0.346. The SMILES string of the molecule is O=C(Nc1nc2c(s1)CN(C(=O)CC(c1ccccc1)c1ccccc1)CC2)C1CCCO1. The van der Waals surface area contributed by atoms with Gasteiger partial charge in [0.2, 0.25) is 5.91 Å². The van der Waals surface area contributed by atoms with Gasteiger partial charge >= 0.3 is 0 Å². The third-order valence-electron chi connectivity index (χ3n) is 6.32. The lowest BCUT2D eigenvalue weighted by Gasteiger charge is -2.28. The van der Waals surface area contributed by atoms with Crippen molar-refractivity contribution in [3.63, 3.8) is 0 Å². The standard InChI is InChI=1S/C26H27N3O3S/c30-24(16-20(18-8-3-1-4-9-18)19-10-5-2-6-11-19)29-14-13-21-23(17-29)33-26(27-21)28-25(31)22-12-7-15-32-22/h1-6,8-11,20,22H,7,12-17H2,(H,27,28,31). The van der Waals surface area contributed by atoms with Gasteiger partial charge in [-0.15, -0.1) is 0 Å². The van der Waals surface area contributed by atoms with Crippen LogP contribution >= 0.6 is 11.3 Å². The van der Waals surface area contributed by atoms with Crippen LogP contribution in [0.3, 0.4) is 0 Å². The molecule has 5 rings (SSSR count). The lowest BCUT2D eigenvalue weighted by atomic mass is 9.88. The molecular formula is C26H27N3O3S. The molecule has 1 atom stereocenters. The number of thiazole rings is 1. The fourth-order valence-corrected chi connectivity index (χ4v) is 5.56. The highest BCUT2D eigenvalue weighted by Crippen LogP contribution is 2.32. The molecule has 33 heavy (non-hydrogen) atoms. The first kappa shape index (κ1) is 21.8. The number of amides is 2. The zero-order chi connectivity index (χ0) is 22.6. The molecule has 0 bridgehead atoms. The Labute approximate surface area is 197 Å². The van der Waals surface area contributed by atoms with Gasteiger partial charge in [0, 0.05) is 36.8 Å². The molecule has 2 amide bonds. The van der Waals surface area contributed by atoms with Crippen LogP contribution < -0.4 is 5.32 Å². The van der Waals surface area contributed by atoms with Crippen molar-refractivity contribution in [3.05, 3.63) is 82.4 Å². The second kappa shape index (κ2) is 9.85. The first-order valence-corrected chi connectivity index (χ1v) is 12.3. The van der Waals surface area contributed by atoms with Crippen molar-refractivity contribution in [3.8, 4) is 0 Å². The van der Waals surface area contributed by atoms with Crippen molar-refractivity contribution in [1.82, 2.24) is 9.88 Å². The van der Waals surface area contributed by atoms with E-state index in [0.717, 1.165) is 34.5 Å². The number of hydrogen-bond acceptors (Lipinski definition) is 5. The van der Waals surface area contributed by atoms with E-state index in [-0.39, 0.29) is 23.8 Å². The van der Waals surface area contributed by atoms with E-state index in [1.54, 1.807) is 0 Å². The molecule has 0 aliphatic carbocycles. The van der Waals surface area contributed by atoms with Crippen LogP contribution in [0, 0.1) is 0 Å². The number of carbonyl (C=O) groups is 2. The van der Waals surface area contributed by atoms with Crippen molar-refractivity contribution in [2.75, 3.05) is 18.5 Å². The topological polar surface area (TPSA) is 71.5 Å². The summed E-state index contributed by atoms with van der Waals surface area (Å²) < 4.78 is 5.46. The number of nitrogens with one attached hydrogen (secondary N) is 1. The van der Waals surface area contributed by atoms with E-state index in [4.69, 9.17) is 4.74 Å². The average Bonchev–Trinajstić information content (AvgIpc) is 3.53. The van der Waals surface area contributed by atoms with E-state index in [0.29, 0.717) is 37.7 Å². The predicted octanol–water partition coefficient (Wildman–Crippen LogP) is 4.37. The molecule has 0 spiro atoms. The van der Waals surface area contributed by atoms with E-state index in [1.165, 1.54) is 11.3 Å². The van der Waals surface area contributed by atoms with Crippen LogP contribution in [0.1, 0.15) is 46.9 Å².